The number of ether oxygens (including phenoxy) is 1. The molecule has 2 heterocycles. The molecule has 0 aliphatic carbocycles. The van der Waals surface area contributed by atoms with E-state index in [2.05, 4.69) is 19.2 Å². The third-order valence-corrected chi connectivity index (χ3v) is 6.89. The Labute approximate surface area is 199 Å². The van der Waals surface area contributed by atoms with Gasteiger partial charge in [-0.3, -0.25) is 4.79 Å². The van der Waals surface area contributed by atoms with Crippen molar-refractivity contribution in [3.8, 4) is 5.75 Å². The Morgan fingerprint density at radius 3 is 2.64 bits per heavy atom. The number of rotatable bonds is 9. The van der Waals surface area contributed by atoms with E-state index in [1.807, 2.05) is 30.2 Å². The maximum absolute atomic E-state index is 13.5. The van der Waals surface area contributed by atoms with Crippen molar-refractivity contribution < 1.29 is 18.7 Å². The van der Waals surface area contributed by atoms with E-state index in [-0.39, 0.29) is 48.9 Å². The molecule has 1 aliphatic rings. The molecule has 3 rings (SSSR count). The quantitative estimate of drug-likeness (QED) is 0.564. The monoisotopic (exact) mass is 475 g/mol. The standard InChI is InChI=1S/C25H34FN3O3S/c1-5-18(4)14-28(25(31)27-17(2)3)15-24(30)29-12-10-23-21(11-13-33-23)22(29)16-32-20-8-6-19(26)7-9-20/h6-9,11,13,17-18,22H,5,10,12,14-16H2,1-4H3,(H,27,31)/t18-,22-/m0/s1. The summed E-state index contributed by atoms with van der Waals surface area (Å²) in [6.07, 6.45) is 1.71. The van der Waals surface area contributed by atoms with Crippen molar-refractivity contribution >= 4 is 23.3 Å². The topological polar surface area (TPSA) is 61.9 Å². The van der Waals surface area contributed by atoms with Crippen LogP contribution in [0.25, 0.3) is 0 Å². The van der Waals surface area contributed by atoms with E-state index in [0.29, 0.717) is 18.8 Å². The molecule has 0 saturated carbocycles. The Morgan fingerprint density at radius 2 is 1.97 bits per heavy atom. The number of nitrogens with one attached hydrogen (secondary N) is 1. The van der Waals surface area contributed by atoms with E-state index in [0.717, 1.165) is 18.4 Å². The molecule has 3 amide bonds. The summed E-state index contributed by atoms with van der Waals surface area (Å²) >= 11 is 1.69. The molecule has 0 radical (unpaired) electrons. The fourth-order valence-corrected chi connectivity index (χ4v) is 4.83. The van der Waals surface area contributed by atoms with Gasteiger partial charge in [-0.15, -0.1) is 11.3 Å². The minimum atomic E-state index is -0.321. The molecule has 2 atom stereocenters. The summed E-state index contributed by atoms with van der Waals surface area (Å²) in [6, 6.07) is 7.45. The first-order valence-electron chi connectivity index (χ1n) is 11.6. The Kier molecular flexibility index (Phi) is 8.72. The summed E-state index contributed by atoms with van der Waals surface area (Å²) < 4.78 is 19.2. The van der Waals surface area contributed by atoms with E-state index in [1.165, 1.54) is 17.0 Å². The van der Waals surface area contributed by atoms with Gasteiger partial charge in [0.05, 0.1) is 6.04 Å². The smallest absolute Gasteiger partial charge is 0.318 e. The van der Waals surface area contributed by atoms with Gasteiger partial charge < -0.3 is 19.9 Å². The predicted molar refractivity (Wildman–Crippen MR) is 129 cm³/mol. The van der Waals surface area contributed by atoms with Crippen LogP contribution in [-0.4, -0.2) is 54.0 Å². The lowest BCUT2D eigenvalue weighted by Crippen LogP contribution is -2.51. The summed E-state index contributed by atoms with van der Waals surface area (Å²) in [7, 11) is 0. The molecule has 6 nitrogen and oxygen atoms in total. The van der Waals surface area contributed by atoms with Gasteiger partial charge in [0.1, 0.15) is 24.7 Å². The molecule has 0 spiro atoms. The van der Waals surface area contributed by atoms with Gasteiger partial charge in [-0.05, 0) is 67.5 Å². The van der Waals surface area contributed by atoms with Gasteiger partial charge in [0.2, 0.25) is 5.91 Å². The van der Waals surface area contributed by atoms with Crippen LogP contribution in [0.15, 0.2) is 35.7 Å². The van der Waals surface area contributed by atoms with Crippen molar-refractivity contribution in [1.29, 1.82) is 0 Å². The minimum absolute atomic E-state index is 0.00718. The second kappa shape index (κ2) is 11.5. The van der Waals surface area contributed by atoms with Gasteiger partial charge in [-0.1, -0.05) is 20.3 Å². The molecular weight excluding hydrogens is 441 g/mol. The van der Waals surface area contributed by atoms with Crippen molar-refractivity contribution in [2.24, 2.45) is 5.92 Å². The highest BCUT2D eigenvalue weighted by Crippen LogP contribution is 2.34. The van der Waals surface area contributed by atoms with Gasteiger partial charge in [-0.25, -0.2) is 9.18 Å². The molecule has 0 bridgehead atoms. The predicted octanol–water partition coefficient (Wildman–Crippen LogP) is 4.86. The maximum Gasteiger partial charge on any atom is 0.318 e. The molecule has 8 heteroatoms. The van der Waals surface area contributed by atoms with Gasteiger partial charge in [0.25, 0.3) is 0 Å². The Hall–Kier alpha value is -2.61. The van der Waals surface area contributed by atoms with E-state index in [4.69, 9.17) is 4.74 Å². The number of carbonyl (C=O) groups is 2. The van der Waals surface area contributed by atoms with Crippen LogP contribution in [0.4, 0.5) is 9.18 Å². The molecule has 1 aromatic carbocycles. The summed E-state index contributed by atoms with van der Waals surface area (Å²) in [5.41, 5.74) is 1.09. The van der Waals surface area contributed by atoms with Crippen LogP contribution >= 0.6 is 11.3 Å². The number of carbonyl (C=O) groups excluding carboxylic acids is 2. The third kappa shape index (κ3) is 6.69. The summed E-state index contributed by atoms with van der Waals surface area (Å²) in [5, 5.41) is 4.95. The zero-order valence-corrected chi connectivity index (χ0v) is 20.7. The molecule has 33 heavy (non-hydrogen) atoms. The third-order valence-electron chi connectivity index (χ3n) is 5.89. The number of nitrogens with zero attached hydrogens (tertiary/aromatic N) is 2. The van der Waals surface area contributed by atoms with Crippen LogP contribution in [-0.2, 0) is 11.2 Å². The van der Waals surface area contributed by atoms with Crippen molar-refractivity contribution in [2.75, 3.05) is 26.2 Å². The molecule has 1 N–H and O–H groups in total. The Bertz CT molecular complexity index is 931. The van der Waals surface area contributed by atoms with E-state index < -0.39 is 0 Å². The minimum Gasteiger partial charge on any atom is -0.491 e. The number of thiophene rings is 1. The second-order valence-electron chi connectivity index (χ2n) is 8.92. The number of hydrogen-bond acceptors (Lipinski definition) is 4. The molecule has 180 valence electrons. The average Bonchev–Trinajstić information content (AvgIpc) is 3.26. The summed E-state index contributed by atoms with van der Waals surface area (Å²) in [5.74, 6) is 0.429. The Balaban J connectivity index is 1.76. The maximum atomic E-state index is 13.5. The van der Waals surface area contributed by atoms with Crippen molar-refractivity contribution in [2.45, 2.75) is 52.6 Å². The highest BCUT2D eigenvalue weighted by molar-refractivity contribution is 7.10. The first-order chi connectivity index (χ1) is 15.8. The average molecular weight is 476 g/mol. The lowest BCUT2D eigenvalue weighted by Gasteiger charge is -2.37. The van der Waals surface area contributed by atoms with Gasteiger partial charge in [0.15, 0.2) is 0 Å². The number of hydrogen-bond donors (Lipinski definition) is 1. The summed E-state index contributed by atoms with van der Waals surface area (Å²) in [4.78, 5) is 31.0. The molecule has 1 aromatic heterocycles. The molecule has 0 fully saturated rings. The first kappa shape index (κ1) is 25.0. The zero-order valence-electron chi connectivity index (χ0n) is 19.8. The molecule has 1 aliphatic heterocycles. The fraction of sp³-hybridized carbons (Fsp3) is 0.520. The van der Waals surface area contributed by atoms with Crippen molar-refractivity contribution in [3.63, 3.8) is 0 Å². The van der Waals surface area contributed by atoms with Crippen molar-refractivity contribution in [1.82, 2.24) is 15.1 Å². The number of amides is 3. The number of urea groups is 1. The van der Waals surface area contributed by atoms with Crippen LogP contribution in [0.5, 0.6) is 5.75 Å². The zero-order chi connectivity index (χ0) is 24.0. The highest BCUT2D eigenvalue weighted by atomic mass is 32.1. The van der Waals surface area contributed by atoms with Crippen LogP contribution < -0.4 is 10.1 Å². The number of benzene rings is 1. The van der Waals surface area contributed by atoms with E-state index in [9.17, 15) is 14.0 Å². The van der Waals surface area contributed by atoms with E-state index >= 15 is 0 Å². The van der Waals surface area contributed by atoms with Gasteiger partial charge in [0, 0.05) is 24.0 Å². The normalized spacial score (nSPS) is 16.3. The lowest BCUT2D eigenvalue weighted by atomic mass is 10.00. The first-order valence-corrected chi connectivity index (χ1v) is 12.5. The molecular formula is C25H34FN3O3S. The summed E-state index contributed by atoms with van der Waals surface area (Å²) in [6.45, 7) is 9.37. The number of halogens is 1. The molecule has 2 aromatic rings. The number of fused-ring (bicyclic) bond motifs is 1. The molecule has 0 saturated heterocycles. The van der Waals surface area contributed by atoms with Gasteiger partial charge >= 0.3 is 6.03 Å². The largest absolute Gasteiger partial charge is 0.491 e. The molecule has 0 unspecified atom stereocenters. The fourth-order valence-electron chi connectivity index (χ4n) is 3.90. The van der Waals surface area contributed by atoms with Crippen LogP contribution in [0, 0.1) is 11.7 Å². The highest BCUT2D eigenvalue weighted by Gasteiger charge is 2.33. The Morgan fingerprint density at radius 1 is 1.24 bits per heavy atom. The van der Waals surface area contributed by atoms with Crippen LogP contribution in [0.1, 0.15) is 50.6 Å². The van der Waals surface area contributed by atoms with Gasteiger partial charge in [-0.2, -0.15) is 0 Å². The van der Waals surface area contributed by atoms with E-state index in [1.54, 1.807) is 28.4 Å². The SMILES string of the molecule is CC[C@H](C)CN(CC(=O)N1CCc2sccc2[C@@H]1COc1ccc(F)cc1)C(=O)NC(C)C. The second-order valence-corrected chi connectivity index (χ2v) is 9.92. The van der Waals surface area contributed by atoms with Crippen LogP contribution in [0.2, 0.25) is 0 Å². The van der Waals surface area contributed by atoms with Crippen molar-refractivity contribution in [3.05, 3.63) is 52.0 Å². The lowest BCUT2D eigenvalue weighted by molar-refractivity contribution is -0.135. The van der Waals surface area contributed by atoms with Crippen LogP contribution in [0.3, 0.4) is 0 Å².